The SMILES string of the molecule is COCCN1CCN(Cc2nc3ccc(Oc4ccc(-c5ccn[nH]5)cc4)cc3[nH]2)CC1. The van der Waals surface area contributed by atoms with Crippen molar-refractivity contribution in [3.8, 4) is 22.8 Å². The van der Waals surface area contributed by atoms with Gasteiger partial charge in [-0.05, 0) is 48.0 Å². The van der Waals surface area contributed by atoms with Gasteiger partial charge in [0.15, 0.2) is 0 Å². The normalized spacial score (nSPS) is 15.4. The molecule has 8 heteroatoms. The molecule has 5 rings (SSSR count). The Bertz CT molecular complexity index is 1130. The molecule has 0 radical (unpaired) electrons. The second-order valence-corrected chi connectivity index (χ2v) is 8.07. The molecule has 166 valence electrons. The summed E-state index contributed by atoms with van der Waals surface area (Å²) in [4.78, 5) is 13.1. The second-order valence-electron chi connectivity index (χ2n) is 8.07. The van der Waals surface area contributed by atoms with Crippen LogP contribution in [-0.2, 0) is 11.3 Å². The second kappa shape index (κ2) is 9.52. The lowest BCUT2D eigenvalue weighted by molar-refractivity contribution is 0.0927. The molecule has 0 spiro atoms. The summed E-state index contributed by atoms with van der Waals surface area (Å²) in [6, 6.07) is 15.9. The lowest BCUT2D eigenvalue weighted by Gasteiger charge is -2.34. The Labute approximate surface area is 187 Å². The number of methoxy groups -OCH3 is 1. The van der Waals surface area contributed by atoms with Crippen LogP contribution in [0.3, 0.4) is 0 Å². The number of ether oxygens (including phenoxy) is 2. The fraction of sp³-hybridized carbons (Fsp3) is 0.333. The number of aromatic amines is 2. The van der Waals surface area contributed by atoms with Gasteiger partial charge in [0, 0.05) is 52.1 Å². The van der Waals surface area contributed by atoms with Crippen molar-refractivity contribution in [1.82, 2.24) is 30.0 Å². The van der Waals surface area contributed by atoms with E-state index in [4.69, 9.17) is 14.5 Å². The van der Waals surface area contributed by atoms with E-state index in [1.54, 1.807) is 13.3 Å². The van der Waals surface area contributed by atoms with E-state index in [9.17, 15) is 0 Å². The van der Waals surface area contributed by atoms with Crippen molar-refractivity contribution in [2.75, 3.05) is 46.4 Å². The van der Waals surface area contributed by atoms with Gasteiger partial charge in [-0.1, -0.05) is 0 Å². The number of nitrogens with zero attached hydrogens (tertiary/aromatic N) is 4. The molecule has 2 aromatic carbocycles. The van der Waals surface area contributed by atoms with Crippen LogP contribution in [0.15, 0.2) is 54.7 Å². The maximum Gasteiger partial charge on any atom is 0.129 e. The van der Waals surface area contributed by atoms with Gasteiger partial charge in [-0.2, -0.15) is 5.10 Å². The highest BCUT2D eigenvalue weighted by Crippen LogP contribution is 2.27. The number of piperazine rings is 1. The van der Waals surface area contributed by atoms with Crippen LogP contribution < -0.4 is 4.74 Å². The third kappa shape index (κ3) is 4.83. The molecular formula is C24H28N6O2. The zero-order valence-electron chi connectivity index (χ0n) is 18.3. The van der Waals surface area contributed by atoms with Gasteiger partial charge in [0.2, 0.25) is 0 Å². The number of rotatable bonds is 8. The Morgan fingerprint density at radius 3 is 2.47 bits per heavy atom. The van der Waals surface area contributed by atoms with Gasteiger partial charge < -0.3 is 14.5 Å². The highest BCUT2D eigenvalue weighted by atomic mass is 16.5. The Morgan fingerprint density at radius 2 is 1.72 bits per heavy atom. The number of H-pyrrole nitrogens is 2. The first kappa shape index (κ1) is 20.7. The van der Waals surface area contributed by atoms with Crippen LogP contribution in [0.25, 0.3) is 22.3 Å². The average molecular weight is 433 g/mol. The van der Waals surface area contributed by atoms with Gasteiger partial charge in [-0.3, -0.25) is 14.9 Å². The van der Waals surface area contributed by atoms with Crippen LogP contribution in [0.4, 0.5) is 0 Å². The molecule has 32 heavy (non-hydrogen) atoms. The first-order valence-corrected chi connectivity index (χ1v) is 11.0. The summed E-state index contributed by atoms with van der Waals surface area (Å²) in [5.74, 6) is 2.57. The number of fused-ring (bicyclic) bond motifs is 1. The third-order valence-electron chi connectivity index (χ3n) is 5.85. The number of hydrogen-bond acceptors (Lipinski definition) is 6. The minimum Gasteiger partial charge on any atom is -0.457 e. The molecule has 1 aliphatic heterocycles. The van der Waals surface area contributed by atoms with Gasteiger partial charge in [0.05, 0.1) is 29.9 Å². The molecule has 1 fully saturated rings. The van der Waals surface area contributed by atoms with E-state index >= 15 is 0 Å². The number of nitrogens with one attached hydrogen (secondary N) is 2. The number of hydrogen-bond donors (Lipinski definition) is 2. The molecule has 1 aliphatic rings. The zero-order chi connectivity index (χ0) is 21.8. The highest BCUT2D eigenvalue weighted by molar-refractivity contribution is 5.77. The fourth-order valence-corrected chi connectivity index (χ4v) is 4.04. The summed E-state index contributed by atoms with van der Waals surface area (Å²) in [7, 11) is 1.76. The molecule has 3 heterocycles. The summed E-state index contributed by atoms with van der Waals surface area (Å²) < 4.78 is 11.2. The fourth-order valence-electron chi connectivity index (χ4n) is 4.04. The summed E-state index contributed by atoms with van der Waals surface area (Å²) in [5, 5.41) is 6.97. The Morgan fingerprint density at radius 1 is 0.938 bits per heavy atom. The standard InChI is InChI=1S/C24H28N6O2/c1-31-15-14-29-10-12-30(13-11-29)17-24-26-22-7-6-20(16-23(22)27-24)32-19-4-2-18(3-5-19)21-8-9-25-28-21/h2-9,16H,10-15,17H2,1H3,(H,25,28)(H,26,27). The van der Waals surface area contributed by atoms with Crippen LogP contribution in [0.1, 0.15) is 5.82 Å². The van der Waals surface area contributed by atoms with Crippen molar-refractivity contribution in [3.05, 3.63) is 60.6 Å². The third-order valence-corrected chi connectivity index (χ3v) is 5.85. The smallest absolute Gasteiger partial charge is 0.129 e. The predicted molar refractivity (Wildman–Crippen MR) is 124 cm³/mol. The molecule has 0 saturated carbocycles. The van der Waals surface area contributed by atoms with Gasteiger partial charge in [-0.15, -0.1) is 0 Å². The summed E-state index contributed by atoms with van der Waals surface area (Å²) >= 11 is 0. The maximum absolute atomic E-state index is 6.06. The zero-order valence-corrected chi connectivity index (χ0v) is 18.3. The monoisotopic (exact) mass is 432 g/mol. The molecule has 2 N–H and O–H groups in total. The van der Waals surface area contributed by atoms with E-state index in [1.165, 1.54) is 0 Å². The van der Waals surface area contributed by atoms with Crippen molar-refractivity contribution in [2.45, 2.75) is 6.54 Å². The van der Waals surface area contributed by atoms with E-state index < -0.39 is 0 Å². The molecule has 0 amide bonds. The molecular weight excluding hydrogens is 404 g/mol. The Hall–Kier alpha value is -3.20. The van der Waals surface area contributed by atoms with E-state index in [1.807, 2.05) is 48.5 Å². The van der Waals surface area contributed by atoms with Crippen LogP contribution >= 0.6 is 0 Å². The topological polar surface area (TPSA) is 82.3 Å². The van der Waals surface area contributed by atoms with Crippen molar-refractivity contribution in [1.29, 1.82) is 0 Å². The molecule has 8 nitrogen and oxygen atoms in total. The molecule has 0 bridgehead atoms. The van der Waals surface area contributed by atoms with Gasteiger partial charge >= 0.3 is 0 Å². The molecule has 0 atom stereocenters. The van der Waals surface area contributed by atoms with E-state index in [-0.39, 0.29) is 0 Å². The Balaban J connectivity index is 1.21. The van der Waals surface area contributed by atoms with E-state index in [0.29, 0.717) is 0 Å². The van der Waals surface area contributed by atoms with Crippen LogP contribution in [0.5, 0.6) is 11.5 Å². The van der Waals surface area contributed by atoms with Crippen molar-refractivity contribution >= 4 is 11.0 Å². The summed E-state index contributed by atoms with van der Waals surface area (Å²) in [5.41, 5.74) is 4.01. The molecule has 1 saturated heterocycles. The highest BCUT2D eigenvalue weighted by Gasteiger charge is 2.18. The van der Waals surface area contributed by atoms with Crippen LogP contribution in [0, 0.1) is 0 Å². The van der Waals surface area contributed by atoms with Crippen molar-refractivity contribution in [3.63, 3.8) is 0 Å². The van der Waals surface area contributed by atoms with Crippen LogP contribution in [-0.4, -0.2) is 76.4 Å². The van der Waals surface area contributed by atoms with Gasteiger partial charge in [0.25, 0.3) is 0 Å². The van der Waals surface area contributed by atoms with Gasteiger partial charge in [0.1, 0.15) is 17.3 Å². The lowest BCUT2D eigenvalue weighted by atomic mass is 10.1. The Kier molecular flexibility index (Phi) is 6.15. The lowest BCUT2D eigenvalue weighted by Crippen LogP contribution is -2.46. The molecule has 0 unspecified atom stereocenters. The van der Waals surface area contributed by atoms with E-state index in [2.05, 4.69) is 25.0 Å². The minimum absolute atomic E-state index is 0.786. The number of imidazole rings is 1. The van der Waals surface area contributed by atoms with E-state index in [0.717, 1.165) is 85.5 Å². The van der Waals surface area contributed by atoms with Crippen molar-refractivity contribution < 1.29 is 9.47 Å². The molecule has 4 aromatic rings. The largest absolute Gasteiger partial charge is 0.457 e. The quantitative estimate of drug-likeness (QED) is 0.443. The number of aromatic nitrogens is 4. The summed E-state index contributed by atoms with van der Waals surface area (Å²) in [6.45, 7) is 6.86. The maximum atomic E-state index is 6.06. The number of benzene rings is 2. The average Bonchev–Trinajstić information content (AvgIpc) is 3.49. The summed E-state index contributed by atoms with van der Waals surface area (Å²) in [6.07, 6.45) is 1.75. The predicted octanol–water partition coefficient (Wildman–Crippen LogP) is 3.51. The van der Waals surface area contributed by atoms with Crippen molar-refractivity contribution in [2.24, 2.45) is 0 Å². The molecule has 2 aromatic heterocycles. The first-order chi connectivity index (χ1) is 15.8. The first-order valence-electron chi connectivity index (χ1n) is 11.0. The molecule has 0 aliphatic carbocycles. The van der Waals surface area contributed by atoms with Crippen LogP contribution in [0.2, 0.25) is 0 Å². The minimum atomic E-state index is 0.786. The van der Waals surface area contributed by atoms with Gasteiger partial charge in [-0.25, -0.2) is 4.98 Å².